The number of nitrogens with one attached hydrogen (secondary N) is 2. The summed E-state index contributed by atoms with van der Waals surface area (Å²) in [6, 6.07) is 5.87. The Hall–Kier alpha value is -2.48. The van der Waals surface area contributed by atoms with Crippen LogP contribution in [0.25, 0.3) is 0 Å². The summed E-state index contributed by atoms with van der Waals surface area (Å²) in [5.41, 5.74) is 13.9. The molecule has 7 nitrogen and oxygen atoms in total. The number of esters is 1. The topological polar surface area (TPSA) is 101 Å². The molecule has 1 rings (SSSR count). The average Bonchev–Trinajstić information content (AvgIpc) is 2.44. The molecule has 0 spiro atoms. The number of carbonyl (C=O) groups is 1. The molecule has 1 aromatic rings. The molecular weight excluding hydrogens is 314 g/mol. The van der Waals surface area contributed by atoms with E-state index in [4.69, 9.17) is 10.5 Å². The second kappa shape index (κ2) is 8.84. The third kappa shape index (κ3) is 6.43. The Labute approximate surface area is 141 Å². The smallest absolute Gasteiger partial charge is 0.360 e. The summed E-state index contributed by atoms with van der Waals surface area (Å²) in [6.07, 6.45) is 0. The van der Waals surface area contributed by atoms with Crippen LogP contribution in [0.1, 0.15) is 25.0 Å². The van der Waals surface area contributed by atoms with Crippen LogP contribution >= 0.6 is 12.2 Å². The summed E-state index contributed by atoms with van der Waals surface area (Å²) in [5, 5.41) is 8.01. The van der Waals surface area contributed by atoms with E-state index in [1.54, 1.807) is 13.8 Å². The van der Waals surface area contributed by atoms with Gasteiger partial charge >= 0.3 is 5.97 Å². The maximum atomic E-state index is 12.0. The Morgan fingerprint density at radius 1 is 1.26 bits per heavy atom. The highest BCUT2D eigenvalue weighted by atomic mass is 32.1. The lowest BCUT2D eigenvalue weighted by atomic mass is 10.1. The summed E-state index contributed by atoms with van der Waals surface area (Å²) < 4.78 is 4.99. The molecule has 0 bridgehead atoms. The predicted molar refractivity (Wildman–Crippen MR) is 96.6 cm³/mol. The van der Waals surface area contributed by atoms with Gasteiger partial charge in [-0.15, -0.1) is 0 Å². The summed E-state index contributed by atoms with van der Waals surface area (Å²) >= 11 is 4.68. The number of hydrazone groups is 2. The van der Waals surface area contributed by atoms with Crippen molar-refractivity contribution < 1.29 is 9.53 Å². The quantitative estimate of drug-likeness (QED) is 0.317. The molecule has 0 aromatic heterocycles. The highest BCUT2D eigenvalue weighted by Gasteiger charge is 2.17. The molecule has 0 aliphatic rings. The molecule has 0 heterocycles. The zero-order chi connectivity index (χ0) is 17.4. The number of anilines is 1. The largest absolute Gasteiger partial charge is 0.461 e. The van der Waals surface area contributed by atoms with Crippen LogP contribution in [0.5, 0.6) is 0 Å². The van der Waals surface area contributed by atoms with E-state index >= 15 is 0 Å². The zero-order valence-corrected chi connectivity index (χ0v) is 14.5. The molecule has 1 aromatic carbocycles. The summed E-state index contributed by atoms with van der Waals surface area (Å²) in [6.45, 7) is 7.51. The van der Waals surface area contributed by atoms with E-state index in [9.17, 15) is 4.79 Å². The van der Waals surface area contributed by atoms with Crippen LogP contribution in [0.4, 0.5) is 5.69 Å². The van der Waals surface area contributed by atoms with Gasteiger partial charge in [0.25, 0.3) is 0 Å². The Bertz CT molecular complexity index is 635. The summed E-state index contributed by atoms with van der Waals surface area (Å²) in [4.78, 5) is 12.0. The third-order valence-electron chi connectivity index (χ3n) is 2.66. The fraction of sp³-hybridized carbons (Fsp3) is 0.333. The molecule has 0 aliphatic heterocycles. The zero-order valence-electron chi connectivity index (χ0n) is 13.6. The van der Waals surface area contributed by atoms with Gasteiger partial charge in [0.15, 0.2) is 10.8 Å². The van der Waals surface area contributed by atoms with Crippen molar-refractivity contribution in [1.82, 2.24) is 5.43 Å². The fourth-order valence-corrected chi connectivity index (χ4v) is 1.87. The number of aryl methyl sites for hydroxylation is 2. The van der Waals surface area contributed by atoms with Crippen molar-refractivity contribution in [3.05, 3.63) is 29.3 Å². The number of thiocarbonyl (C=S) groups is 1. The molecule has 8 heteroatoms. The van der Waals surface area contributed by atoms with Crippen LogP contribution < -0.4 is 16.6 Å². The Morgan fingerprint density at radius 2 is 1.87 bits per heavy atom. The van der Waals surface area contributed by atoms with Gasteiger partial charge in [0, 0.05) is 0 Å². The monoisotopic (exact) mass is 335 g/mol. The van der Waals surface area contributed by atoms with Gasteiger partial charge in [-0.05, 0) is 63.2 Å². The van der Waals surface area contributed by atoms with E-state index in [2.05, 4.69) is 33.3 Å². The van der Waals surface area contributed by atoms with Crippen molar-refractivity contribution >= 4 is 40.4 Å². The SMILES string of the molecule is CCOC(=O)C(=N\Nc1cc(C)cc(C)c1)/C(C)=N/NC(N)=S. The van der Waals surface area contributed by atoms with Crippen LogP contribution in [-0.4, -0.2) is 29.1 Å². The molecule has 0 aliphatic carbocycles. The number of hydrogen-bond acceptors (Lipinski definition) is 6. The highest BCUT2D eigenvalue weighted by molar-refractivity contribution is 7.80. The summed E-state index contributed by atoms with van der Waals surface area (Å²) in [7, 11) is 0. The third-order valence-corrected chi connectivity index (χ3v) is 2.76. The van der Waals surface area contributed by atoms with Crippen molar-refractivity contribution in [1.29, 1.82) is 0 Å². The van der Waals surface area contributed by atoms with E-state index in [0.717, 1.165) is 16.8 Å². The fourth-order valence-electron chi connectivity index (χ4n) is 1.83. The second-order valence-electron chi connectivity index (χ2n) is 4.84. The lowest BCUT2D eigenvalue weighted by Gasteiger charge is -2.08. The van der Waals surface area contributed by atoms with Gasteiger partial charge in [0.2, 0.25) is 0 Å². The molecule has 4 N–H and O–H groups in total. The van der Waals surface area contributed by atoms with Crippen LogP contribution in [0.2, 0.25) is 0 Å². The van der Waals surface area contributed by atoms with E-state index in [1.807, 2.05) is 32.0 Å². The Morgan fingerprint density at radius 3 is 2.39 bits per heavy atom. The molecule has 0 fully saturated rings. The molecule has 0 saturated carbocycles. The standard InChI is InChI=1S/C15H21N5O2S/c1-5-22-14(21)13(11(4)17-20-15(16)23)19-18-12-7-9(2)6-10(3)8-12/h6-8,18H,5H2,1-4H3,(H3,16,20,23)/b17-11+,19-13-. The van der Waals surface area contributed by atoms with Gasteiger partial charge in [-0.1, -0.05) is 6.07 Å². The first kappa shape index (κ1) is 18.6. The molecule has 0 saturated heterocycles. The minimum atomic E-state index is -0.588. The number of nitrogens with zero attached hydrogens (tertiary/aromatic N) is 2. The van der Waals surface area contributed by atoms with Gasteiger partial charge in [0.1, 0.15) is 0 Å². The van der Waals surface area contributed by atoms with Gasteiger partial charge in [-0.2, -0.15) is 10.2 Å². The van der Waals surface area contributed by atoms with Crippen molar-refractivity contribution in [3.8, 4) is 0 Å². The normalized spacial score (nSPS) is 11.8. The number of ether oxygens (including phenoxy) is 1. The van der Waals surface area contributed by atoms with Crippen molar-refractivity contribution in [3.63, 3.8) is 0 Å². The minimum Gasteiger partial charge on any atom is -0.461 e. The van der Waals surface area contributed by atoms with Crippen molar-refractivity contribution in [2.45, 2.75) is 27.7 Å². The molecule has 0 radical (unpaired) electrons. The molecule has 0 unspecified atom stereocenters. The van der Waals surface area contributed by atoms with Gasteiger partial charge in [0.05, 0.1) is 18.0 Å². The van der Waals surface area contributed by atoms with Crippen molar-refractivity contribution in [2.24, 2.45) is 15.9 Å². The molecular formula is C15H21N5O2S. The van der Waals surface area contributed by atoms with Gasteiger partial charge in [-0.25, -0.2) is 4.79 Å². The lowest BCUT2D eigenvalue weighted by molar-refractivity contribution is -0.134. The number of hydrogen-bond donors (Lipinski definition) is 3. The Balaban J connectivity index is 3.05. The van der Waals surface area contributed by atoms with E-state index in [1.165, 1.54) is 0 Å². The molecule has 124 valence electrons. The summed E-state index contributed by atoms with van der Waals surface area (Å²) in [5.74, 6) is -0.588. The number of carbonyl (C=O) groups excluding carboxylic acids is 1. The van der Waals surface area contributed by atoms with Crippen LogP contribution in [-0.2, 0) is 9.53 Å². The van der Waals surface area contributed by atoms with Crippen LogP contribution in [0.3, 0.4) is 0 Å². The first-order chi connectivity index (χ1) is 10.8. The minimum absolute atomic E-state index is 0.00479. The first-order valence-corrected chi connectivity index (χ1v) is 7.43. The highest BCUT2D eigenvalue weighted by Crippen LogP contribution is 2.13. The molecule has 0 atom stereocenters. The Kier molecular flexibility index (Phi) is 7.14. The lowest BCUT2D eigenvalue weighted by Crippen LogP contribution is -2.30. The van der Waals surface area contributed by atoms with Gasteiger partial charge < -0.3 is 10.5 Å². The van der Waals surface area contributed by atoms with Crippen LogP contribution in [0.15, 0.2) is 28.4 Å². The maximum Gasteiger partial charge on any atom is 0.360 e. The van der Waals surface area contributed by atoms with E-state index in [-0.39, 0.29) is 17.4 Å². The van der Waals surface area contributed by atoms with Crippen molar-refractivity contribution in [2.75, 3.05) is 12.0 Å². The second-order valence-corrected chi connectivity index (χ2v) is 5.28. The maximum absolute atomic E-state index is 12.0. The predicted octanol–water partition coefficient (Wildman–Crippen LogP) is 1.84. The van der Waals surface area contributed by atoms with E-state index < -0.39 is 5.97 Å². The van der Waals surface area contributed by atoms with Crippen LogP contribution in [0, 0.1) is 13.8 Å². The average molecular weight is 335 g/mol. The molecule has 0 amide bonds. The molecule has 23 heavy (non-hydrogen) atoms. The first-order valence-electron chi connectivity index (χ1n) is 7.02. The number of nitrogens with two attached hydrogens (primary N) is 1. The van der Waals surface area contributed by atoms with E-state index in [0.29, 0.717) is 5.71 Å². The number of benzene rings is 1. The van der Waals surface area contributed by atoms with Gasteiger partial charge in [-0.3, -0.25) is 10.9 Å². The number of rotatable bonds is 6.